The van der Waals surface area contributed by atoms with Crippen LogP contribution in [0.25, 0.3) is 0 Å². The number of ether oxygens (including phenoxy) is 2. The molecule has 3 amide bonds. The number of nitrogens with one attached hydrogen (secondary N) is 5. The molecular weight excluding hydrogens is 576 g/mol. The van der Waals surface area contributed by atoms with E-state index < -0.39 is 70.6 Å². The highest BCUT2D eigenvalue weighted by atomic mass is 16.6. The number of esters is 2. The highest BCUT2D eigenvalue weighted by Gasteiger charge is 2.32. The average molecular weight is 625 g/mol. The summed E-state index contributed by atoms with van der Waals surface area (Å²) < 4.78 is 10.7. The van der Waals surface area contributed by atoms with E-state index in [9.17, 15) is 33.6 Å². The first-order chi connectivity index (χ1) is 20.2. The van der Waals surface area contributed by atoms with Crippen molar-refractivity contribution in [1.29, 1.82) is 10.8 Å². The summed E-state index contributed by atoms with van der Waals surface area (Å²) in [6, 6.07) is -3.80. The molecule has 0 radical (unpaired) electrons. The fourth-order valence-corrected chi connectivity index (χ4v) is 3.57. The van der Waals surface area contributed by atoms with E-state index in [1.54, 1.807) is 60.5 Å². The third-order valence-corrected chi connectivity index (χ3v) is 5.49. The third-order valence-electron chi connectivity index (χ3n) is 5.49. The van der Waals surface area contributed by atoms with Gasteiger partial charge in [0.25, 0.3) is 0 Å². The number of amides is 3. The fraction of sp³-hybridized carbons (Fsp3) is 0.690. The Morgan fingerprint density at radius 2 is 1.02 bits per heavy atom. The van der Waals surface area contributed by atoms with Crippen LogP contribution in [-0.4, -0.2) is 109 Å². The molecule has 0 unspecified atom stereocenters. The second kappa shape index (κ2) is 18.6. The van der Waals surface area contributed by atoms with Crippen LogP contribution < -0.4 is 16.0 Å². The lowest BCUT2D eigenvalue weighted by Crippen LogP contribution is -2.53. The standard InChI is InChI=1S/C29H48N6O9/c1-28(2,3)43-26(41)21(33-24(39)17-35(7)8)13-14-23(38)32-20(11-9-18(36)15-30)25(40)34-22(12-10-19(37)16-31)27(42)44-29(4,5)6/h15-16,20-22,30-31H,9-14,17H2,1-8H3,(H,32,38)(H,33,39)(H,34,40)/t20-,21-,22-/m0/s1. The maximum absolute atomic E-state index is 13.3. The number of ketones is 2. The van der Waals surface area contributed by atoms with Gasteiger partial charge >= 0.3 is 11.9 Å². The van der Waals surface area contributed by atoms with Crippen molar-refractivity contribution in [2.75, 3.05) is 20.6 Å². The minimum atomic E-state index is -1.34. The highest BCUT2D eigenvalue weighted by Crippen LogP contribution is 2.13. The quantitative estimate of drug-likeness (QED) is 0.0986. The molecule has 5 N–H and O–H groups in total. The predicted molar refractivity (Wildman–Crippen MR) is 161 cm³/mol. The van der Waals surface area contributed by atoms with Crippen LogP contribution in [-0.2, 0) is 43.0 Å². The van der Waals surface area contributed by atoms with E-state index >= 15 is 0 Å². The van der Waals surface area contributed by atoms with E-state index in [2.05, 4.69) is 16.0 Å². The van der Waals surface area contributed by atoms with Gasteiger partial charge in [-0.05, 0) is 74.9 Å². The Morgan fingerprint density at radius 1 is 0.636 bits per heavy atom. The van der Waals surface area contributed by atoms with Crippen LogP contribution in [0.3, 0.4) is 0 Å². The van der Waals surface area contributed by atoms with Crippen LogP contribution in [0.15, 0.2) is 0 Å². The molecule has 0 aromatic rings. The van der Waals surface area contributed by atoms with Gasteiger partial charge in [-0.1, -0.05) is 0 Å². The van der Waals surface area contributed by atoms with Crippen molar-refractivity contribution in [1.82, 2.24) is 20.9 Å². The lowest BCUT2D eigenvalue weighted by Gasteiger charge is -2.26. The summed E-state index contributed by atoms with van der Waals surface area (Å²) in [6.45, 7) is 9.80. The Hall–Kier alpha value is -4.01. The second-order valence-corrected chi connectivity index (χ2v) is 12.4. The molecule has 15 nitrogen and oxygen atoms in total. The smallest absolute Gasteiger partial charge is 0.329 e. The summed E-state index contributed by atoms with van der Waals surface area (Å²) >= 11 is 0. The van der Waals surface area contributed by atoms with Gasteiger partial charge in [0.05, 0.1) is 19.0 Å². The van der Waals surface area contributed by atoms with Crippen LogP contribution in [0.1, 0.15) is 80.1 Å². The molecule has 0 rings (SSSR count). The zero-order chi connectivity index (χ0) is 34.3. The van der Waals surface area contributed by atoms with Gasteiger partial charge in [0.1, 0.15) is 29.3 Å². The van der Waals surface area contributed by atoms with Crippen molar-refractivity contribution in [3.63, 3.8) is 0 Å². The van der Waals surface area contributed by atoms with Crippen molar-refractivity contribution in [3.05, 3.63) is 0 Å². The van der Waals surface area contributed by atoms with Crippen LogP contribution in [0.4, 0.5) is 0 Å². The SMILES string of the molecule is CN(C)CC(=O)N[C@@H](CCC(=O)N[C@@H](CCC(=O)C=N)C(=O)N[C@@H](CCC(=O)C=N)C(=O)OC(C)(C)C)C(=O)OC(C)(C)C. The van der Waals surface area contributed by atoms with E-state index in [0.717, 1.165) is 0 Å². The van der Waals surface area contributed by atoms with Gasteiger partial charge in [-0.3, -0.25) is 24.0 Å². The molecule has 0 heterocycles. The summed E-state index contributed by atoms with van der Waals surface area (Å²) in [5.74, 6) is -4.78. The summed E-state index contributed by atoms with van der Waals surface area (Å²) in [5, 5.41) is 21.7. The first-order valence-corrected chi connectivity index (χ1v) is 14.2. The number of carbonyl (C=O) groups excluding carboxylic acids is 7. The molecule has 0 fully saturated rings. The summed E-state index contributed by atoms with van der Waals surface area (Å²) in [5.41, 5.74) is -1.77. The van der Waals surface area contributed by atoms with Crippen molar-refractivity contribution in [2.24, 2.45) is 0 Å². The normalized spacial score (nSPS) is 13.5. The number of hydrogen-bond donors (Lipinski definition) is 5. The lowest BCUT2D eigenvalue weighted by molar-refractivity contribution is -0.159. The number of nitrogens with zero attached hydrogens (tertiary/aromatic N) is 1. The predicted octanol–water partition coefficient (Wildman–Crippen LogP) is 0.464. The number of likely N-dealkylation sites (N-methyl/N-ethyl adjacent to an activating group) is 1. The summed E-state index contributed by atoms with van der Waals surface area (Å²) in [4.78, 5) is 89.2. The molecule has 15 heteroatoms. The number of carbonyl (C=O) groups is 7. The number of rotatable bonds is 19. The Bertz CT molecular complexity index is 1080. The molecule has 0 aromatic carbocycles. The highest BCUT2D eigenvalue weighted by molar-refractivity contribution is 6.26. The minimum absolute atomic E-state index is 0.0149. The lowest BCUT2D eigenvalue weighted by atomic mass is 10.0. The number of Topliss-reactive ketones (excluding diaryl/α,β-unsaturated/α-hetero) is 2. The van der Waals surface area contributed by atoms with Gasteiger partial charge in [0.15, 0.2) is 11.6 Å². The number of hydrogen-bond acceptors (Lipinski definition) is 12. The Kier molecular flexibility index (Phi) is 16.9. The van der Waals surface area contributed by atoms with Crippen LogP contribution in [0.5, 0.6) is 0 Å². The molecule has 248 valence electrons. The van der Waals surface area contributed by atoms with Crippen LogP contribution >= 0.6 is 0 Å². The average Bonchev–Trinajstić information content (AvgIpc) is 2.87. The summed E-state index contributed by atoms with van der Waals surface area (Å²) in [7, 11) is 3.34. The van der Waals surface area contributed by atoms with Crippen molar-refractivity contribution >= 4 is 53.7 Å². The molecule has 0 saturated carbocycles. The zero-order valence-electron chi connectivity index (χ0n) is 27.0. The fourth-order valence-electron chi connectivity index (χ4n) is 3.57. The zero-order valence-corrected chi connectivity index (χ0v) is 27.0. The Balaban J connectivity index is 5.84. The molecule has 0 aliphatic carbocycles. The maximum Gasteiger partial charge on any atom is 0.329 e. The van der Waals surface area contributed by atoms with E-state index in [4.69, 9.17) is 20.3 Å². The topological polar surface area (TPSA) is 225 Å². The Labute approximate surface area is 258 Å². The molecule has 0 saturated heterocycles. The summed E-state index contributed by atoms with van der Waals surface area (Å²) in [6.07, 6.45) is -0.230. The van der Waals surface area contributed by atoms with E-state index in [1.807, 2.05) is 0 Å². The molecule has 0 spiro atoms. The molecule has 3 atom stereocenters. The molecule has 0 bridgehead atoms. The molecule has 44 heavy (non-hydrogen) atoms. The van der Waals surface area contributed by atoms with Gasteiger partial charge < -0.3 is 41.1 Å². The van der Waals surface area contributed by atoms with Crippen molar-refractivity contribution < 1.29 is 43.0 Å². The molecule has 0 aliphatic rings. The van der Waals surface area contributed by atoms with Crippen LogP contribution in [0, 0.1) is 10.8 Å². The monoisotopic (exact) mass is 624 g/mol. The van der Waals surface area contributed by atoms with Gasteiger partial charge in [0.2, 0.25) is 17.7 Å². The van der Waals surface area contributed by atoms with Gasteiger partial charge in [-0.15, -0.1) is 0 Å². The third kappa shape index (κ3) is 18.5. The van der Waals surface area contributed by atoms with E-state index in [0.29, 0.717) is 12.4 Å². The van der Waals surface area contributed by atoms with Gasteiger partial charge in [-0.2, -0.15) is 0 Å². The molecule has 0 aliphatic heterocycles. The second-order valence-electron chi connectivity index (χ2n) is 12.4. The van der Waals surface area contributed by atoms with Gasteiger partial charge in [-0.25, -0.2) is 9.59 Å². The Morgan fingerprint density at radius 3 is 1.43 bits per heavy atom. The molecule has 0 aromatic heterocycles. The van der Waals surface area contributed by atoms with Crippen LogP contribution in [0.2, 0.25) is 0 Å². The maximum atomic E-state index is 13.3. The first kappa shape index (κ1) is 40.0. The van der Waals surface area contributed by atoms with E-state index in [1.165, 1.54) is 0 Å². The van der Waals surface area contributed by atoms with E-state index in [-0.39, 0.29) is 45.1 Å². The largest absolute Gasteiger partial charge is 0.458 e. The minimum Gasteiger partial charge on any atom is -0.458 e. The molecular formula is C29H48N6O9. The van der Waals surface area contributed by atoms with Crippen molar-refractivity contribution in [3.8, 4) is 0 Å². The van der Waals surface area contributed by atoms with Crippen molar-refractivity contribution in [2.45, 2.75) is 109 Å². The van der Waals surface area contributed by atoms with Gasteiger partial charge in [0, 0.05) is 19.3 Å². The first-order valence-electron chi connectivity index (χ1n) is 14.2.